The van der Waals surface area contributed by atoms with Crippen LogP contribution >= 0.6 is 22.9 Å². The summed E-state index contributed by atoms with van der Waals surface area (Å²) in [5.74, 6) is -1.10. The van der Waals surface area contributed by atoms with E-state index in [2.05, 4.69) is 15.2 Å². The van der Waals surface area contributed by atoms with Gasteiger partial charge < -0.3 is 10.1 Å². The van der Waals surface area contributed by atoms with E-state index >= 15 is 0 Å². The van der Waals surface area contributed by atoms with Crippen molar-refractivity contribution in [2.45, 2.75) is 26.8 Å². The molecule has 1 amide bonds. The van der Waals surface area contributed by atoms with Crippen LogP contribution in [0.15, 0.2) is 6.07 Å². The lowest BCUT2D eigenvalue weighted by Gasteiger charge is -2.07. The Hall–Kier alpha value is -2.00. The van der Waals surface area contributed by atoms with Gasteiger partial charge in [0.1, 0.15) is 17.2 Å². The molecule has 130 valence electrons. The molecular weight excluding hydrogens is 364 g/mol. The van der Waals surface area contributed by atoms with Gasteiger partial charge in [-0.05, 0) is 19.9 Å². The highest BCUT2D eigenvalue weighted by Gasteiger charge is 2.22. The van der Waals surface area contributed by atoms with Crippen molar-refractivity contribution in [1.29, 1.82) is 0 Å². The molecule has 0 saturated heterocycles. The number of anilines is 1. The summed E-state index contributed by atoms with van der Waals surface area (Å²) in [6.45, 7) is 2.96. The van der Waals surface area contributed by atoms with Gasteiger partial charge in [0.25, 0.3) is 6.43 Å². The minimum Gasteiger partial charge on any atom is -0.465 e. The van der Waals surface area contributed by atoms with Crippen molar-refractivity contribution in [3.63, 3.8) is 0 Å². The second kappa shape index (κ2) is 7.27. The van der Waals surface area contributed by atoms with Gasteiger partial charge in [0.05, 0.1) is 23.4 Å². The van der Waals surface area contributed by atoms with Crippen LogP contribution in [0.3, 0.4) is 0 Å². The van der Waals surface area contributed by atoms with Crippen LogP contribution in [0.2, 0.25) is 5.02 Å². The van der Waals surface area contributed by atoms with E-state index in [9.17, 15) is 18.4 Å². The number of esters is 1. The minimum atomic E-state index is -2.83. The van der Waals surface area contributed by atoms with Crippen molar-refractivity contribution in [3.05, 3.63) is 32.9 Å². The second-order valence-corrected chi connectivity index (χ2v) is 6.52. The highest BCUT2D eigenvalue weighted by Crippen LogP contribution is 2.30. The Labute approximate surface area is 145 Å². The number of aryl methyl sites for hydroxylation is 1. The van der Waals surface area contributed by atoms with Crippen LogP contribution in [-0.4, -0.2) is 28.8 Å². The molecular formula is C14H14ClF2N3O3S. The third kappa shape index (κ3) is 3.73. The van der Waals surface area contributed by atoms with Crippen LogP contribution in [0.25, 0.3) is 0 Å². The molecule has 0 fully saturated rings. The normalized spacial score (nSPS) is 11.0. The first-order valence-electron chi connectivity index (χ1n) is 6.74. The average molecular weight is 378 g/mol. The fourth-order valence-electron chi connectivity index (χ4n) is 2.01. The number of nitrogens with zero attached hydrogens (tertiary/aromatic N) is 2. The Bertz CT molecular complexity index is 789. The number of nitrogens with one attached hydrogen (secondary N) is 1. The number of carbonyl (C=O) groups is 2. The van der Waals surface area contributed by atoms with Gasteiger partial charge in [-0.15, -0.1) is 11.3 Å². The molecule has 2 heterocycles. The Morgan fingerprint density at radius 2 is 2.12 bits per heavy atom. The third-order valence-corrected chi connectivity index (χ3v) is 4.60. The van der Waals surface area contributed by atoms with Crippen LogP contribution in [-0.2, 0) is 16.1 Å². The number of methoxy groups -OCH3 is 1. The highest BCUT2D eigenvalue weighted by molar-refractivity contribution is 7.16. The molecule has 6 nitrogen and oxygen atoms in total. The van der Waals surface area contributed by atoms with Gasteiger partial charge in [-0.2, -0.15) is 5.10 Å². The van der Waals surface area contributed by atoms with Crippen LogP contribution in [0.5, 0.6) is 0 Å². The molecule has 0 bridgehead atoms. The lowest BCUT2D eigenvalue weighted by atomic mass is 10.3. The molecule has 0 radical (unpaired) electrons. The first-order valence-corrected chi connectivity index (χ1v) is 7.93. The van der Waals surface area contributed by atoms with Gasteiger partial charge >= 0.3 is 5.97 Å². The number of rotatable bonds is 5. The van der Waals surface area contributed by atoms with Crippen LogP contribution in [0, 0.1) is 13.8 Å². The van der Waals surface area contributed by atoms with Gasteiger partial charge in [0, 0.05) is 4.88 Å². The van der Waals surface area contributed by atoms with E-state index in [0.29, 0.717) is 5.00 Å². The van der Waals surface area contributed by atoms with Gasteiger partial charge in [-0.1, -0.05) is 11.6 Å². The van der Waals surface area contributed by atoms with E-state index < -0.39 is 24.0 Å². The first-order chi connectivity index (χ1) is 11.2. The molecule has 1 N–H and O–H groups in total. The summed E-state index contributed by atoms with van der Waals surface area (Å²) in [6, 6.07) is 1.59. The van der Waals surface area contributed by atoms with Crippen molar-refractivity contribution in [3.8, 4) is 0 Å². The number of aromatic nitrogens is 2. The third-order valence-electron chi connectivity index (χ3n) is 3.17. The molecule has 10 heteroatoms. The Morgan fingerprint density at radius 3 is 2.67 bits per heavy atom. The number of carbonyl (C=O) groups excluding carboxylic acids is 2. The molecule has 0 aliphatic carbocycles. The van der Waals surface area contributed by atoms with Gasteiger partial charge in [-0.3, -0.25) is 9.48 Å². The van der Waals surface area contributed by atoms with Crippen molar-refractivity contribution < 1.29 is 23.1 Å². The minimum absolute atomic E-state index is 0.167. The van der Waals surface area contributed by atoms with Crippen LogP contribution < -0.4 is 5.32 Å². The number of thiophene rings is 1. The molecule has 24 heavy (non-hydrogen) atoms. The van der Waals surface area contributed by atoms with Crippen LogP contribution in [0.4, 0.5) is 13.8 Å². The molecule has 2 rings (SSSR count). The van der Waals surface area contributed by atoms with Crippen molar-refractivity contribution >= 4 is 39.8 Å². The van der Waals surface area contributed by atoms with Crippen molar-refractivity contribution in [1.82, 2.24) is 9.78 Å². The fourth-order valence-corrected chi connectivity index (χ4v) is 3.15. The first kappa shape index (κ1) is 18.3. The standard InChI is InChI=1S/C14H14ClF2N3O3S/c1-6-4-8(14(22)23-3)13(24-6)18-9(21)5-20-7(2)10(15)11(19-20)12(16)17/h4,12H,5H2,1-3H3,(H,18,21). The Kier molecular flexibility index (Phi) is 5.55. The summed E-state index contributed by atoms with van der Waals surface area (Å²) in [5.41, 5.74) is -0.0707. The molecule has 2 aromatic heterocycles. The van der Waals surface area contributed by atoms with E-state index in [0.717, 1.165) is 9.56 Å². The predicted octanol–water partition coefficient (Wildman–Crippen LogP) is 3.58. The number of alkyl halides is 2. The average Bonchev–Trinajstić information content (AvgIpc) is 3.01. The van der Waals surface area contributed by atoms with Crippen molar-refractivity contribution in [2.24, 2.45) is 0 Å². The second-order valence-electron chi connectivity index (χ2n) is 4.88. The lowest BCUT2D eigenvalue weighted by Crippen LogP contribution is -2.21. The van der Waals surface area contributed by atoms with E-state index in [1.54, 1.807) is 13.0 Å². The quantitative estimate of drug-likeness (QED) is 0.808. The smallest absolute Gasteiger partial charge is 0.340 e. The number of halogens is 3. The lowest BCUT2D eigenvalue weighted by molar-refractivity contribution is -0.116. The molecule has 0 unspecified atom stereocenters. The molecule has 0 aliphatic heterocycles. The molecule has 0 spiro atoms. The zero-order chi connectivity index (χ0) is 18.0. The summed E-state index contributed by atoms with van der Waals surface area (Å²) >= 11 is 6.99. The van der Waals surface area contributed by atoms with E-state index in [4.69, 9.17) is 11.6 Å². The Morgan fingerprint density at radius 1 is 1.46 bits per heavy atom. The fraction of sp³-hybridized carbons (Fsp3) is 0.357. The Balaban J connectivity index is 2.18. The van der Waals surface area contributed by atoms with Gasteiger partial charge in [-0.25, -0.2) is 13.6 Å². The summed E-state index contributed by atoms with van der Waals surface area (Å²) in [6.07, 6.45) is -2.83. The number of hydrogen-bond donors (Lipinski definition) is 1. The van der Waals surface area contributed by atoms with Crippen molar-refractivity contribution in [2.75, 3.05) is 12.4 Å². The highest BCUT2D eigenvalue weighted by atomic mass is 35.5. The zero-order valence-electron chi connectivity index (χ0n) is 13.0. The molecule has 0 aliphatic rings. The largest absolute Gasteiger partial charge is 0.465 e. The molecule has 2 aromatic rings. The number of hydrogen-bond acceptors (Lipinski definition) is 5. The maximum Gasteiger partial charge on any atom is 0.340 e. The number of amides is 1. The maximum absolute atomic E-state index is 12.8. The topological polar surface area (TPSA) is 73.2 Å². The van der Waals surface area contributed by atoms with Gasteiger partial charge in [0.15, 0.2) is 0 Å². The summed E-state index contributed by atoms with van der Waals surface area (Å²) in [4.78, 5) is 24.6. The SMILES string of the molecule is COC(=O)c1cc(C)sc1NC(=O)Cn1nc(C(F)F)c(Cl)c1C. The predicted molar refractivity (Wildman–Crippen MR) is 86.0 cm³/mol. The molecule has 0 aromatic carbocycles. The maximum atomic E-state index is 12.8. The summed E-state index contributed by atoms with van der Waals surface area (Å²) in [5, 5.41) is 6.38. The molecule has 0 atom stereocenters. The zero-order valence-corrected chi connectivity index (χ0v) is 14.6. The summed E-state index contributed by atoms with van der Waals surface area (Å²) in [7, 11) is 1.24. The molecule has 0 saturated carbocycles. The van der Waals surface area contributed by atoms with Gasteiger partial charge in [0.2, 0.25) is 5.91 Å². The summed E-state index contributed by atoms with van der Waals surface area (Å²) < 4.78 is 31.3. The monoisotopic (exact) mass is 377 g/mol. The van der Waals surface area contributed by atoms with E-state index in [-0.39, 0.29) is 22.8 Å². The van der Waals surface area contributed by atoms with E-state index in [1.807, 2.05) is 0 Å². The number of ether oxygens (including phenoxy) is 1. The van der Waals surface area contributed by atoms with Crippen LogP contribution in [0.1, 0.15) is 33.0 Å². The van der Waals surface area contributed by atoms with E-state index in [1.165, 1.54) is 25.4 Å².